The van der Waals surface area contributed by atoms with Gasteiger partial charge < -0.3 is 15.0 Å². The Balaban J connectivity index is 1.80. The third-order valence-electron chi connectivity index (χ3n) is 7.00. The molecule has 0 fully saturated rings. The smallest absolute Gasteiger partial charge is 0.264 e. The molecule has 0 heterocycles. The molecule has 0 spiro atoms. The zero-order chi connectivity index (χ0) is 32.4. The molecular weight excluding hydrogens is 633 g/mol. The Hall–Kier alpha value is -4.05. The van der Waals surface area contributed by atoms with Gasteiger partial charge in [-0.1, -0.05) is 77.8 Å². The van der Waals surface area contributed by atoms with Gasteiger partial charge in [0.25, 0.3) is 10.0 Å². The molecule has 1 atom stereocenters. The number of likely N-dealkylation sites (N-methyl/N-ethyl adjacent to an activating group) is 1. The second kappa shape index (κ2) is 15.8. The highest BCUT2D eigenvalue weighted by atomic mass is 35.5. The highest BCUT2D eigenvalue weighted by molar-refractivity contribution is 7.92. The van der Waals surface area contributed by atoms with Gasteiger partial charge in [-0.15, -0.1) is 0 Å². The number of sulfonamides is 1. The Kier molecular flexibility index (Phi) is 11.9. The fourth-order valence-electron chi connectivity index (χ4n) is 4.80. The van der Waals surface area contributed by atoms with Gasteiger partial charge in [-0.25, -0.2) is 8.42 Å². The summed E-state index contributed by atoms with van der Waals surface area (Å²) in [6.45, 7) is 3.84. The monoisotopic (exact) mass is 667 g/mol. The van der Waals surface area contributed by atoms with Crippen LogP contribution in [0, 0.1) is 0 Å². The van der Waals surface area contributed by atoms with Gasteiger partial charge in [0.1, 0.15) is 18.3 Å². The van der Waals surface area contributed by atoms with Crippen molar-refractivity contribution in [1.82, 2.24) is 10.2 Å². The number of hydrogen-bond acceptors (Lipinski definition) is 5. The summed E-state index contributed by atoms with van der Waals surface area (Å²) in [5, 5.41) is 3.48. The number of ether oxygens (including phenoxy) is 1. The van der Waals surface area contributed by atoms with E-state index in [-0.39, 0.29) is 29.5 Å². The number of nitrogens with one attached hydrogen (secondary N) is 1. The first kappa shape index (κ1) is 33.8. The summed E-state index contributed by atoms with van der Waals surface area (Å²) in [5.41, 5.74) is 1.72. The lowest BCUT2D eigenvalue weighted by molar-refractivity contribution is -0.140. The molecule has 0 saturated heterocycles. The van der Waals surface area contributed by atoms with Crippen molar-refractivity contribution in [3.8, 4) is 5.75 Å². The second-order valence-electron chi connectivity index (χ2n) is 10.1. The van der Waals surface area contributed by atoms with Crippen LogP contribution in [0.5, 0.6) is 5.75 Å². The summed E-state index contributed by atoms with van der Waals surface area (Å²) in [4.78, 5) is 29.4. The van der Waals surface area contributed by atoms with Crippen molar-refractivity contribution in [2.75, 3.05) is 24.0 Å². The van der Waals surface area contributed by atoms with E-state index in [9.17, 15) is 18.0 Å². The molecule has 0 unspecified atom stereocenters. The quantitative estimate of drug-likeness (QED) is 0.169. The number of rotatable bonds is 14. The van der Waals surface area contributed by atoms with Crippen LogP contribution in [-0.2, 0) is 32.6 Å². The van der Waals surface area contributed by atoms with E-state index < -0.39 is 28.5 Å². The normalized spacial score (nSPS) is 11.8. The van der Waals surface area contributed by atoms with Crippen LogP contribution in [0.2, 0.25) is 10.0 Å². The lowest BCUT2D eigenvalue weighted by Crippen LogP contribution is -2.53. The fourth-order valence-corrected chi connectivity index (χ4v) is 6.56. The zero-order valence-electron chi connectivity index (χ0n) is 25.0. The molecule has 8 nitrogen and oxygen atoms in total. The van der Waals surface area contributed by atoms with E-state index in [0.29, 0.717) is 34.5 Å². The predicted octanol–water partition coefficient (Wildman–Crippen LogP) is 6.36. The molecule has 4 rings (SSSR count). The van der Waals surface area contributed by atoms with Gasteiger partial charge in [-0.3, -0.25) is 13.9 Å². The number of benzene rings is 4. The van der Waals surface area contributed by atoms with Crippen LogP contribution < -0.4 is 14.4 Å². The lowest BCUT2D eigenvalue weighted by Gasteiger charge is -2.34. The molecule has 0 bridgehead atoms. The van der Waals surface area contributed by atoms with E-state index in [1.54, 1.807) is 67.6 Å². The van der Waals surface area contributed by atoms with Crippen LogP contribution in [0.25, 0.3) is 0 Å². The number of anilines is 1. The van der Waals surface area contributed by atoms with E-state index in [4.69, 9.17) is 27.9 Å². The average Bonchev–Trinajstić information content (AvgIpc) is 3.04. The first-order chi connectivity index (χ1) is 21.6. The van der Waals surface area contributed by atoms with Crippen molar-refractivity contribution in [3.63, 3.8) is 0 Å². The number of nitrogens with zero attached hydrogens (tertiary/aromatic N) is 2. The fraction of sp³-hybridized carbons (Fsp3) is 0.235. The summed E-state index contributed by atoms with van der Waals surface area (Å²) < 4.78 is 34.7. The van der Waals surface area contributed by atoms with Crippen LogP contribution in [0.1, 0.15) is 25.0 Å². The van der Waals surface area contributed by atoms with Gasteiger partial charge in [0.15, 0.2) is 0 Å². The Bertz CT molecular complexity index is 1690. The maximum Gasteiger partial charge on any atom is 0.264 e. The molecule has 2 amide bonds. The number of amides is 2. The molecule has 0 aliphatic heterocycles. The molecule has 1 N–H and O–H groups in total. The first-order valence-corrected chi connectivity index (χ1v) is 16.7. The predicted molar refractivity (Wildman–Crippen MR) is 178 cm³/mol. The summed E-state index contributed by atoms with van der Waals surface area (Å²) in [7, 11) is -4.20. The average molecular weight is 669 g/mol. The largest absolute Gasteiger partial charge is 0.494 e. The van der Waals surface area contributed by atoms with Gasteiger partial charge >= 0.3 is 0 Å². The van der Waals surface area contributed by atoms with Crippen LogP contribution in [-0.4, -0.2) is 50.9 Å². The third kappa shape index (κ3) is 8.78. The number of halogens is 2. The van der Waals surface area contributed by atoms with E-state index in [0.717, 1.165) is 9.87 Å². The second-order valence-corrected chi connectivity index (χ2v) is 12.8. The van der Waals surface area contributed by atoms with Crippen molar-refractivity contribution in [2.24, 2.45) is 0 Å². The van der Waals surface area contributed by atoms with Gasteiger partial charge in [0.2, 0.25) is 11.8 Å². The minimum absolute atomic E-state index is 0.0206. The number of hydrogen-bond donors (Lipinski definition) is 1. The molecule has 0 radical (unpaired) electrons. The zero-order valence-corrected chi connectivity index (χ0v) is 27.4. The highest BCUT2D eigenvalue weighted by Crippen LogP contribution is 2.28. The number of carbonyl (C=O) groups excluding carboxylic acids is 2. The molecule has 0 saturated carbocycles. The molecule has 0 aliphatic rings. The molecule has 4 aromatic carbocycles. The topological polar surface area (TPSA) is 96.0 Å². The Morgan fingerprint density at radius 2 is 1.47 bits per heavy atom. The summed E-state index contributed by atoms with van der Waals surface area (Å²) in [6.07, 6.45) is 0.203. The van der Waals surface area contributed by atoms with Crippen molar-refractivity contribution in [3.05, 3.63) is 124 Å². The SMILES string of the molecule is CCNC(=O)[C@@H](Cc1ccccc1)N(Cc1ccc(Cl)c(Cl)c1)C(=O)CN(c1ccc(OCC)cc1)S(=O)(=O)c1ccccc1. The van der Waals surface area contributed by atoms with Crippen molar-refractivity contribution < 1.29 is 22.7 Å². The maximum atomic E-state index is 14.4. The van der Waals surface area contributed by atoms with E-state index in [1.165, 1.54) is 17.0 Å². The van der Waals surface area contributed by atoms with Gasteiger partial charge in [0, 0.05) is 19.5 Å². The molecule has 0 aromatic heterocycles. The Morgan fingerprint density at radius 3 is 2.07 bits per heavy atom. The Morgan fingerprint density at radius 1 is 0.822 bits per heavy atom. The van der Waals surface area contributed by atoms with E-state index in [1.807, 2.05) is 37.3 Å². The third-order valence-corrected chi connectivity index (χ3v) is 9.53. The van der Waals surface area contributed by atoms with E-state index >= 15 is 0 Å². The standard InChI is InChI=1S/C34H35Cl2N3O5S/c1-3-37-34(41)32(22-25-11-7-5-8-12-25)38(23-26-15-20-30(35)31(36)21-26)33(40)24-39(27-16-18-28(19-17-27)44-4-2)45(42,43)29-13-9-6-10-14-29/h5-21,32H,3-4,22-24H2,1-2H3,(H,37,41)/t32-/m1/s1. The molecule has 236 valence electrons. The highest BCUT2D eigenvalue weighted by Gasteiger charge is 2.34. The van der Waals surface area contributed by atoms with Gasteiger partial charge in [-0.2, -0.15) is 0 Å². The molecule has 11 heteroatoms. The number of carbonyl (C=O) groups is 2. The molecule has 0 aliphatic carbocycles. The van der Waals surface area contributed by atoms with Crippen molar-refractivity contribution in [1.29, 1.82) is 0 Å². The van der Waals surface area contributed by atoms with Crippen LogP contribution in [0.4, 0.5) is 5.69 Å². The Labute approximate surface area is 274 Å². The van der Waals surface area contributed by atoms with Gasteiger partial charge in [-0.05, 0) is 73.5 Å². The molecule has 45 heavy (non-hydrogen) atoms. The van der Waals surface area contributed by atoms with E-state index in [2.05, 4.69) is 5.32 Å². The first-order valence-electron chi connectivity index (χ1n) is 14.5. The van der Waals surface area contributed by atoms with Crippen molar-refractivity contribution >= 4 is 50.7 Å². The van der Waals surface area contributed by atoms with Crippen LogP contribution >= 0.6 is 23.2 Å². The van der Waals surface area contributed by atoms with Crippen LogP contribution in [0.15, 0.2) is 108 Å². The minimum Gasteiger partial charge on any atom is -0.494 e. The minimum atomic E-state index is -4.20. The van der Waals surface area contributed by atoms with Gasteiger partial charge in [0.05, 0.1) is 27.2 Å². The summed E-state index contributed by atoms with van der Waals surface area (Å²) in [5.74, 6) is -0.389. The maximum absolute atomic E-state index is 14.4. The molecular formula is C34H35Cl2N3O5S. The molecule has 4 aromatic rings. The summed E-state index contributed by atoms with van der Waals surface area (Å²) in [6, 6.07) is 27.7. The summed E-state index contributed by atoms with van der Waals surface area (Å²) >= 11 is 12.5. The lowest BCUT2D eigenvalue weighted by atomic mass is 10.0. The van der Waals surface area contributed by atoms with Crippen LogP contribution in [0.3, 0.4) is 0 Å². The van der Waals surface area contributed by atoms with Crippen molar-refractivity contribution in [2.45, 2.75) is 37.8 Å².